The summed E-state index contributed by atoms with van der Waals surface area (Å²) in [4.78, 5) is 30.3. The van der Waals surface area contributed by atoms with E-state index in [0.717, 1.165) is 35.6 Å². The molecule has 1 N–H and O–H groups in total. The number of carbonyl (C=O) groups excluding carboxylic acids is 2. The Kier molecular flexibility index (Phi) is 11.5. The van der Waals surface area contributed by atoms with Crippen molar-refractivity contribution in [1.29, 1.82) is 0 Å². The van der Waals surface area contributed by atoms with Gasteiger partial charge in [0.15, 0.2) is 0 Å². The number of aryl methyl sites for hydroxylation is 1. The average molecular weight is 713 g/mol. The number of benzene rings is 4. The Morgan fingerprint density at radius 1 is 0.851 bits per heavy atom. The first kappa shape index (κ1) is 34.8. The number of anilines is 1. The summed E-state index contributed by atoms with van der Waals surface area (Å²) in [6.07, 6.45) is 3.92. The van der Waals surface area contributed by atoms with E-state index in [0.29, 0.717) is 26.2 Å². The lowest BCUT2D eigenvalue weighted by molar-refractivity contribution is -0.140. The highest BCUT2D eigenvalue weighted by Crippen LogP contribution is 2.32. The molecule has 0 aromatic heterocycles. The lowest BCUT2D eigenvalue weighted by Gasteiger charge is -2.35. The summed E-state index contributed by atoms with van der Waals surface area (Å²) >= 11 is 19.6. The number of rotatable bonds is 12. The fourth-order valence-corrected chi connectivity index (χ4v) is 8.03. The number of sulfonamides is 1. The van der Waals surface area contributed by atoms with Gasteiger partial charge in [0.2, 0.25) is 11.8 Å². The molecule has 0 unspecified atom stereocenters. The second-order valence-electron chi connectivity index (χ2n) is 11.7. The van der Waals surface area contributed by atoms with E-state index in [1.54, 1.807) is 55.5 Å². The van der Waals surface area contributed by atoms with Crippen molar-refractivity contribution in [2.24, 2.45) is 0 Å². The summed E-state index contributed by atoms with van der Waals surface area (Å²) in [5, 5.41) is 4.12. The number of nitrogens with one attached hydrogen (secondary N) is 1. The molecule has 2 amide bonds. The minimum Gasteiger partial charge on any atom is -0.352 e. The molecule has 7 nitrogen and oxygen atoms in total. The summed E-state index contributed by atoms with van der Waals surface area (Å²) < 4.78 is 29.5. The zero-order valence-corrected chi connectivity index (χ0v) is 29.0. The van der Waals surface area contributed by atoms with Crippen molar-refractivity contribution in [3.05, 3.63) is 129 Å². The van der Waals surface area contributed by atoms with Gasteiger partial charge >= 0.3 is 0 Å². The molecule has 4 aromatic carbocycles. The number of halogens is 3. The minimum absolute atomic E-state index is 0.00712. The summed E-state index contributed by atoms with van der Waals surface area (Å²) in [5.74, 6) is -0.934. The van der Waals surface area contributed by atoms with Crippen molar-refractivity contribution in [1.82, 2.24) is 10.2 Å². The van der Waals surface area contributed by atoms with Gasteiger partial charge in [-0.1, -0.05) is 108 Å². The molecule has 0 spiro atoms. The largest absolute Gasteiger partial charge is 0.352 e. The van der Waals surface area contributed by atoms with E-state index in [-0.39, 0.29) is 35.5 Å². The highest BCUT2D eigenvalue weighted by molar-refractivity contribution is 7.92. The third-order valence-electron chi connectivity index (χ3n) is 8.41. The second kappa shape index (κ2) is 15.6. The molecular weight excluding hydrogens is 677 g/mol. The third kappa shape index (κ3) is 8.49. The van der Waals surface area contributed by atoms with Gasteiger partial charge in [-0.3, -0.25) is 13.9 Å². The van der Waals surface area contributed by atoms with Crippen LogP contribution in [-0.4, -0.2) is 43.8 Å². The van der Waals surface area contributed by atoms with Gasteiger partial charge in [0.1, 0.15) is 12.6 Å². The SMILES string of the molecule is Cc1ccc(Cl)cc1N(CC(=O)N(Cc1c(Cl)cccc1Cl)[C@@H](Cc1ccccc1)C(=O)NC1CCCC1)S(=O)(=O)c1ccccc1. The van der Waals surface area contributed by atoms with E-state index < -0.39 is 28.5 Å². The summed E-state index contributed by atoms with van der Waals surface area (Å²) in [5.41, 5.74) is 2.14. The number of nitrogens with zero attached hydrogens (tertiary/aromatic N) is 2. The molecule has 1 aliphatic carbocycles. The van der Waals surface area contributed by atoms with Crippen LogP contribution in [0.15, 0.2) is 102 Å². The van der Waals surface area contributed by atoms with Crippen LogP contribution in [0.25, 0.3) is 0 Å². The molecule has 1 atom stereocenters. The van der Waals surface area contributed by atoms with E-state index in [4.69, 9.17) is 34.8 Å². The van der Waals surface area contributed by atoms with E-state index in [9.17, 15) is 18.0 Å². The van der Waals surface area contributed by atoms with Crippen molar-refractivity contribution in [3.63, 3.8) is 0 Å². The van der Waals surface area contributed by atoms with Gasteiger partial charge in [0.05, 0.1) is 10.6 Å². The zero-order valence-electron chi connectivity index (χ0n) is 25.9. The Hall–Kier alpha value is -3.56. The first-order chi connectivity index (χ1) is 22.5. The maximum Gasteiger partial charge on any atom is 0.264 e. The van der Waals surface area contributed by atoms with Crippen LogP contribution in [0.4, 0.5) is 5.69 Å². The molecule has 4 aromatic rings. The molecule has 0 saturated heterocycles. The van der Waals surface area contributed by atoms with E-state index in [1.807, 2.05) is 30.3 Å². The van der Waals surface area contributed by atoms with Crippen molar-refractivity contribution in [3.8, 4) is 0 Å². The molecule has 0 bridgehead atoms. The molecule has 11 heteroatoms. The fourth-order valence-electron chi connectivity index (χ4n) is 5.86. The molecule has 246 valence electrons. The molecule has 47 heavy (non-hydrogen) atoms. The van der Waals surface area contributed by atoms with Gasteiger partial charge in [-0.05, 0) is 67.3 Å². The molecular formula is C36H36Cl3N3O4S. The maximum atomic E-state index is 14.7. The molecule has 5 rings (SSSR count). The van der Waals surface area contributed by atoms with Crippen molar-refractivity contribution < 1.29 is 18.0 Å². The van der Waals surface area contributed by atoms with Gasteiger partial charge < -0.3 is 10.2 Å². The summed E-state index contributed by atoms with van der Waals surface area (Å²) in [7, 11) is -4.26. The Bertz CT molecular complexity index is 1800. The number of carbonyl (C=O) groups is 2. The standard InChI is InChI=1S/C36H36Cl3N3O4S/c1-25-19-20-27(37)22-33(25)42(47(45,46)29-15-6-3-7-16-29)24-35(43)41(23-30-31(38)17-10-18-32(30)39)34(21-26-11-4-2-5-12-26)36(44)40-28-13-8-9-14-28/h2-7,10-12,15-20,22,28,34H,8-9,13-14,21,23-24H2,1H3,(H,40,44)/t34-/m0/s1. The van der Waals surface area contributed by atoms with Crippen LogP contribution in [0, 0.1) is 6.92 Å². The zero-order chi connectivity index (χ0) is 33.6. The van der Waals surface area contributed by atoms with Crippen LogP contribution in [0.5, 0.6) is 0 Å². The molecule has 1 fully saturated rings. The van der Waals surface area contributed by atoms with Crippen molar-refractivity contribution in [2.75, 3.05) is 10.8 Å². The number of hydrogen-bond donors (Lipinski definition) is 1. The van der Waals surface area contributed by atoms with Gasteiger partial charge in [-0.2, -0.15) is 0 Å². The van der Waals surface area contributed by atoms with Gasteiger partial charge in [-0.15, -0.1) is 0 Å². The van der Waals surface area contributed by atoms with Crippen LogP contribution in [0.3, 0.4) is 0 Å². The van der Waals surface area contributed by atoms with Gasteiger partial charge in [0, 0.05) is 39.6 Å². The van der Waals surface area contributed by atoms with Crippen LogP contribution in [0.1, 0.15) is 42.4 Å². The lowest BCUT2D eigenvalue weighted by atomic mass is 10.0. The second-order valence-corrected chi connectivity index (χ2v) is 14.8. The maximum absolute atomic E-state index is 14.7. The highest BCUT2D eigenvalue weighted by atomic mass is 35.5. The Labute approximate surface area is 291 Å². The van der Waals surface area contributed by atoms with Gasteiger partial charge in [-0.25, -0.2) is 8.42 Å². The van der Waals surface area contributed by atoms with Crippen LogP contribution in [0.2, 0.25) is 15.1 Å². The molecule has 0 radical (unpaired) electrons. The highest BCUT2D eigenvalue weighted by Gasteiger charge is 2.36. The lowest BCUT2D eigenvalue weighted by Crippen LogP contribution is -2.54. The van der Waals surface area contributed by atoms with E-state index in [1.165, 1.54) is 23.1 Å². The topological polar surface area (TPSA) is 86.8 Å². The molecule has 0 heterocycles. The van der Waals surface area contributed by atoms with E-state index in [2.05, 4.69) is 5.32 Å². The predicted octanol–water partition coefficient (Wildman–Crippen LogP) is 7.85. The van der Waals surface area contributed by atoms with Gasteiger partial charge in [0.25, 0.3) is 10.0 Å². The Morgan fingerprint density at radius 3 is 2.11 bits per heavy atom. The Balaban J connectivity index is 1.61. The monoisotopic (exact) mass is 711 g/mol. The molecule has 1 aliphatic rings. The first-order valence-corrected chi connectivity index (χ1v) is 18.0. The van der Waals surface area contributed by atoms with Crippen LogP contribution in [-0.2, 0) is 32.6 Å². The smallest absolute Gasteiger partial charge is 0.264 e. The quantitative estimate of drug-likeness (QED) is 0.162. The van der Waals surface area contributed by atoms with Crippen molar-refractivity contribution >= 4 is 62.3 Å². The number of hydrogen-bond acceptors (Lipinski definition) is 4. The fraction of sp³-hybridized carbons (Fsp3) is 0.278. The van der Waals surface area contributed by atoms with Crippen LogP contribution < -0.4 is 9.62 Å². The Morgan fingerprint density at radius 2 is 1.47 bits per heavy atom. The van der Waals surface area contributed by atoms with E-state index >= 15 is 0 Å². The molecule has 0 aliphatic heterocycles. The predicted molar refractivity (Wildman–Crippen MR) is 189 cm³/mol. The molecule has 1 saturated carbocycles. The summed E-state index contributed by atoms with van der Waals surface area (Å²) in [6, 6.07) is 26.2. The normalized spacial score (nSPS) is 14.0. The summed E-state index contributed by atoms with van der Waals surface area (Å²) in [6.45, 7) is 1.02. The minimum atomic E-state index is -4.26. The average Bonchev–Trinajstić information content (AvgIpc) is 3.57. The van der Waals surface area contributed by atoms with Crippen LogP contribution >= 0.6 is 34.8 Å². The number of amides is 2. The third-order valence-corrected chi connectivity index (χ3v) is 11.1. The first-order valence-electron chi connectivity index (χ1n) is 15.4. The van der Waals surface area contributed by atoms with Crippen molar-refractivity contribution in [2.45, 2.75) is 62.6 Å².